The molecule has 1 aliphatic heterocycles. The number of aliphatic hydroxyl groups excluding tert-OH is 1. The largest absolute Gasteiger partial charge is 0.377 e. The molecule has 0 aromatic rings. The summed E-state index contributed by atoms with van der Waals surface area (Å²) >= 11 is 0. The number of hydrogen-bond acceptors (Lipinski definition) is 5. The molecule has 1 N–H and O–H groups in total. The molecule has 0 radical (unpaired) electrons. The van der Waals surface area contributed by atoms with Gasteiger partial charge in [0.25, 0.3) is 0 Å². The van der Waals surface area contributed by atoms with Gasteiger partial charge in [-0.3, -0.25) is 0 Å². The van der Waals surface area contributed by atoms with Crippen LogP contribution >= 0.6 is 0 Å². The second kappa shape index (κ2) is 6.75. The summed E-state index contributed by atoms with van der Waals surface area (Å²) in [5, 5.41) is 9.91. The summed E-state index contributed by atoms with van der Waals surface area (Å²) in [6.07, 6.45) is 2.87. The first-order chi connectivity index (χ1) is 8.50. The molecule has 0 saturated carbocycles. The molecule has 0 amide bonds. The second-order valence-electron chi connectivity index (χ2n) is 4.26. The fourth-order valence-corrected chi connectivity index (χ4v) is 1.62. The normalized spacial score (nSPS) is 24.7. The minimum absolute atomic E-state index is 0.0275. The molecule has 18 heavy (non-hydrogen) atoms. The Hall–Kier alpha value is -1.08. The molecule has 1 aliphatic rings. The summed E-state index contributed by atoms with van der Waals surface area (Å²) in [5.74, 6) is 6.30. The lowest BCUT2D eigenvalue weighted by Crippen LogP contribution is -2.41. The third-order valence-electron chi connectivity index (χ3n) is 2.38. The van der Waals surface area contributed by atoms with Crippen LogP contribution in [0.3, 0.4) is 0 Å². The molecule has 3 atom stereocenters. The predicted molar refractivity (Wildman–Crippen MR) is 64.3 cm³/mol. The molecule has 0 bridgehead atoms. The molecule has 1 rings (SSSR count). The van der Waals surface area contributed by atoms with Gasteiger partial charge in [0.2, 0.25) is 0 Å². The Labute approximate surface area is 107 Å². The van der Waals surface area contributed by atoms with Crippen LogP contribution in [-0.2, 0) is 18.9 Å². The topological polar surface area (TPSA) is 57.2 Å². The monoisotopic (exact) mass is 254 g/mol. The number of terminal acetylenes is 1. The first-order valence-electron chi connectivity index (χ1n) is 5.56. The van der Waals surface area contributed by atoms with E-state index in [1.807, 2.05) is 0 Å². The zero-order valence-electron chi connectivity index (χ0n) is 10.8. The van der Waals surface area contributed by atoms with E-state index in [9.17, 15) is 5.11 Å². The van der Waals surface area contributed by atoms with E-state index < -0.39 is 24.1 Å². The van der Waals surface area contributed by atoms with Crippen molar-refractivity contribution in [1.82, 2.24) is 0 Å². The van der Waals surface area contributed by atoms with E-state index in [0.717, 1.165) is 0 Å². The van der Waals surface area contributed by atoms with Crippen molar-refractivity contribution in [2.24, 2.45) is 0 Å². The Morgan fingerprint density at radius 3 is 2.78 bits per heavy atom. The van der Waals surface area contributed by atoms with Crippen LogP contribution in [-0.4, -0.2) is 49.7 Å². The van der Waals surface area contributed by atoms with Gasteiger partial charge in [-0.1, -0.05) is 5.92 Å². The van der Waals surface area contributed by atoms with Gasteiger partial charge in [-0.05, 0) is 25.7 Å². The van der Waals surface area contributed by atoms with Crippen molar-refractivity contribution in [2.45, 2.75) is 37.9 Å². The highest BCUT2D eigenvalue weighted by atomic mass is 16.8. The fourth-order valence-electron chi connectivity index (χ4n) is 1.62. The Balaban J connectivity index is 2.69. The van der Waals surface area contributed by atoms with Gasteiger partial charge in [0.1, 0.15) is 25.1 Å². The molecular formula is C13H18O5. The molecular weight excluding hydrogens is 236 g/mol. The van der Waals surface area contributed by atoms with E-state index in [-0.39, 0.29) is 6.79 Å². The van der Waals surface area contributed by atoms with Crippen molar-refractivity contribution in [3.05, 3.63) is 0 Å². The van der Waals surface area contributed by atoms with E-state index in [4.69, 9.17) is 25.4 Å². The Kier molecular flexibility index (Phi) is 5.61. The highest BCUT2D eigenvalue weighted by Gasteiger charge is 2.40. The van der Waals surface area contributed by atoms with Crippen molar-refractivity contribution >= 4 is 0 Å². The molecule has 100 valence electrons. The van der Waals surface area contributed by atoms with E-state index in [0.29, 0.717) is 6.61 Å². The number of hydrogen-bond donors (Lipinski definition) is 1. The third-order valence-corrected chi connectivity index (χ3v) is 2.38. The van der Waals surface area contributed by atoms with E-state index in [2.05, 4.69) is 17.8 Å². The number of aliphatic hydroxyl groups is 1. The highest BCUT2D eigenvalue weighted by Crippen LogP contribution is 2.26. The van der Waals surface area contributed by atoms with Crippen LogP contribution in [0.4, 0.5) is 0 Å². The summed E-state index contributed by atoms with van der Waals surface area (Å²) < 4.78 is 21.3. The smallest absolute Gasteiger partial charge is 0.163 e. The van der Waals surface area contributed by atoms with Crippen LogP contribution in [0.5, 0.6) is 0 Å². The number of ether oxygens (including phenoxy) is 4. The van der Waals surface area contributed by atoms with E-state index >= 15 is 0 Å². The minimum atomic E-state index is -1.06. The molecule has 0 aromatic carbocycles. The first-order valence-corrected chi connectivity index (χ1v) is 5.56. The zero-order valence-corrected chi connectivity index (χ0v) is 10.8. The summed E-state index contributed by atoms with van der Waals surface area (Å²) in [5.41, 5.74) is 0. The molecule has 0 aromatic heterocycles. The van der Waals surface area contributed by atoms with Gasteiger partial charge in [-0.25, -0.2) is 0 Å². The molecule has 0 aliphatic carbocycles. The van der Waals surface area contributed by atoms with Crippen molar-refractivity contribution in [3.63, 3.8) is 0 Å². The molecule has 1 heterocycles. The molecule has 5 heteroatoms. The van der Waals surface area contributed by atoms with E-state index in [1.165, 1.54) is 7.11 Å². The fraction of sp³-hybridized carbons (Fsp3) is 0.692. The van der Waals surface area contributed by atoms with Crippen LogP contribution in [0, 0.1) is 24.2 Å². The molecule has 1 fully saturated rings. The van der Waals surface area contributed by atoms with E-state index in [1.54, 1.807) is 13.8 Å². The van der Waals surface area contributed by atoms with Gasteiger partial charge in [-0.15, -0.1) is 6.42 Å². The molecule has 5 nitrogen and oxygen atoms in total. The van der Waals surface area contributed by atoms with Crippen LogP contribution in [0.2, 0.25) is 0 Å². The molecule has 1 saturated heterocycles. The van der Waals surface area contributed by atoms with Gasteiger partial charge in [-0.2, -0.15) is 0 Å². The van der Waals surface area contributed by atoms with Gasteiger partial charge < -0.3 is 24.1 Å². The summed E-state index contributed by atoms with van der Waals surface area (Å²) in [6.45, 7) is 3.93. The number of rotatable bonds is 5. The summed E-state index contributed by atoms with van der Waals surface area (Å²) in [6, 6.07) is 0. The molecule has 0 unspecified atom stereocenters. The van der Waals surface area contributed by atoms with Gasteiger partial charge in [0.05, 0.1) is 6.61 Å². The lowest BCUT2D eigenvalue weighted by atomic mass is 10.1. The SMILES string of the molecule is C#CC#C[C@@H](O)[C@H](OCOC)[C@H]1COC(C)(C)O1. The van der Waals surface area contributed by atoms with Crippen molar-refractivity contribution in [3.8, 4) is 24.2 Å². The lowest BCUT2D eigenvalue weighted by molar-refractivity contribution is -0.181. The Morgan fingerprint density at radius 1 is 1.56 bits per heavy atom. The van der Waals surface area contributed by atoms with Crippen molar-refractivity contribution in [2.75, 3.05) is 20.5 Å². The van der Waals surface area contributed by atoms with Crippen LogP contribution < -0.4 is 0 Å². The van der Waals surface area contributed by atoms with Crippen molar-refractivity contribution < 1.29 is 24.1 Å². The summed E-state index contributed by atoms with van der Waals surface area (Å²) in [7, 11) is 1.49. The average Bonchev–Trinajstić information content (AvgIpc) is 2.67. The summed E-state index contributed by atoms with van der Waals surface area (Å²) in [4.78, 5) is 0. The van der Waals surface area contributed by atoms with Crippen LogP contribution in [0.25, 0.3) is 0 Å². The quantitative estimate of drug-likeness (QED) is 0.558. The van der Waals surface area contributed by atoms with Gasteiger partial charge >= 0.3 is 0 Å². The Morgan fingerprint density at radius 2 is 2.28 bits per heavy atom. The van der Waals surface area contributed by atoms with Gasteiger partial charge in [0.15, 0.2) is 5.79 Å². The Bertz CT molecular complexity index is 360. The first kappa shape index (κ1) is 15.0. The highest BCUT2D eigenvalue weighted by molar-refractivity contribution is 5.24. The maximum Gasteiger partial charge on any atom is 0.163 e. The maximum absolute atomic E-state index is 9.91. The predicted octanol–water partition coefficient (Wildman–Crippen LogP) is 0.124. The second-order valence-corrected chi connectivity index (χ2v) is 4.26. The van der Waals surface area contributed by atoms with Crippen molar-refractivity contribution in [1.29, 1.82) is 0 Å². The average molecular weight is 254 g/mol. The van der Waals surface area contributed by atoms with Gasteiger partial charge in [0, 0.05) is 7.11 Å². The minimum Gasteiger partial charge on any atom is -0.377 e. The lowest BCUT2D eigenvalue weighted by Gasteiger charge is -2.25. The van der Waals surface area contributed by atoms with Crippen LogP contribution in [0.15, 0.2) is 0 Å². The standard InChI is InChI=1S/C13H18O5/c1-5-6-7-10(14)12(16-9-15-4)11-8-17-13(2,3)18-11/h1,10-12,14H,8-9H2,2-4H3/t10-,11-,12+/m1/s1. The third kappa shape index (κ3) is 4.30. The van der Waals surface area contributed by atoms with Crippen LogP contribution in [0.1, 0.15) is 13.8 Å². The maximum atomic E-state index is 9.91. The number of methoxy groups -OCH3 is 1. The zero-order chi connectivity index (χ0) is 13.6. The molecule has 0 spiro atoms.